The number of carbonyl (C=O) groups is 1. The van der Waals surface area contributed by atoms with Crippen LogP contribution in [0.3, 0.4) is 0 Å². The maximum absolute atomic E-state index is 12.5. The van der Waals surface area contributed by atoms with Gasteiger partial charge in [-0.1, -0.05) is 23.9 Å². The van der Waals surface area contributed by atoms with Crippen molar-refractivity contribution in [1.29, 1.82) is 0 Å². The lowest BCUT2D eigenvalue weighted by Gasteiger charge is -2.28. The van der Waals surface area contributed by atoms with Gasteiger partial charge in [0.2, 0.25) is 5.91 Å². The maximum atomic E-state index is 12.5. The lowest BCUT2D eigenvalue weighted by molar-refractivity contribution is -0.131. The van der Waals surface area contributed by atoms with Crippen molar-refractivity contribution < 1.29 is 13.9 Å². The first-order valence-corrected chi connectivity index (χ1v) is 9.89. The topological polar surface area (TPSA) is 68.5 Å². The molecule has 1 aliphatic rings. The minimum Gasteiger partial charge on any atom is -0.484 e. The number of hydrogen-bond acceptors (Lipinski definition) is 6. The third-order valence-electron chi connectivity index (χ3n) is 4.44. The highest BCUT2D eigenvalue weighted by Crippen LogP contribution is 2.25. The SMILES string of the molecule is Cc1ccc(C)c(OCc2nnc(SC(C)C(=O)N3CCCCC3)o2)c1. The minimum absolute atomic E-state index is 0.140. The zero-order chi connectivity index (χ0) is 18.5. The van der Waals surface area contributed by atoms with E-state index in [2.05, 4.69) is 10.2 Å². The molecular weight excluding hydrogens is 350 g/mol. The Morgan fingerprint density at radius 1 is 1.27 bits per heavy atom. The number of benzene rings is 1. The largest absolute Gasteiger partial charge is 0.484 e. The average molecular weight is 375 g/mol. The fourth-order valence-electron chi connectivity index (χ4n) is 2.92. The Hall–Kier alpha value is -2.02. The van der Waals surface area contributed by atoms with Crippen LogP contribution in [0.15, 0.2) is 27.8 Å². The number of nitrogens with zero attached hydrogens (tertiary/aromatic N) is 3. The third kappa shape index (κ3) is 4.78. The number of carbonyl (C=O) groups excluding carboxylic acids is 1. The van der Waals surface area contributed by atoms with Gasteiger partial charge in [0.1, 0.15) is 5.75 Å². The Morgan fingerprint density at radius 2 is 2.04 bits per heavy atom. The van der Waals surface area contributed by atoms with Crippen LogP contribution in [0, 0.1) is 13.8 Å². The first-order chi connectivity index (χ1) is 12.5. The van der Waals surface area contributed by atoms with Gasteiger partial charge < -0.3 is 14.1 Å². The van der Waals surface area contributed by atoms with Crippen molar-refractivity contribution in [3.8, 4) is 5.75 Å². The number of likely N-dealkylation sites (tertiary alicyclic amines) is 1. The Morgan fingerprint density at radius 3 is 2.81 bits per heavy atom. The van der Waals surface area contributed by atoms with Crippen molar-refractivity contribution in [3.05, 3.63) is 35.2 Å². The van der Waals surface area contributed by atoms with E-state index in [1.807, 2.05) is 43.9 Å². The van der Waals surface area contributed by atoms with Crippen LogP contribution < -0.4 is 4.74 Å². The minimum atomic E-state index is -0.235. The molecule has 26 heavy (non-hydrogen) atoms. The summed E-state index contributed by atoms with van der Waals surface area (Å²) in [5.74, 6) is 1.36. The second-order valence-electron chi connectivity index (χ2n) is 6.67. The summed E-state index contributed by atoms with van der Waals surface area (Å²) in [6, 6.07) is 6.05. The van der Waals surface area contributed by atoms with Gasteiger partial charge in [-0.05, 0) is 57.2 Å². The normalized spacial score (nSPS) is 15.7. The predicted molar refractivity (Wildman–Crippen MR) is 100 cm³/mol. The van der Waals surface area contributed by atoms with Crippen molar-refractivity contribution in [3.63, 3.8) is 0 Å². The lowest BCUT2D eigenvalue weighted by atomic mass is 10.1. The van der Waals surface area contributed by atoms with E-state index < -0.39 is 0 Å². The predicted octanol–water partition coefficient (Wildman–Crippen LogP) is 3.76. The standard InChI is InChI=1S/C19H25N3O3S/c1-13-7-8-14(2)16(11-13)24-12-17-20-21-19(25-17)26-15(3)18(23)22-9-5-4-6-10-22/h7-8,11,15H,4-6,9-10,12H2,1-3H3. The van der Waals surface area contributed by atoms with Gasteiger partial charge in [0.15, 0.2) is 6.61 Å². The van der Waals surface area contributed by atoms with Crippen molar-refractivity contribution in [2.24, 2.45) is 0 Å². The molecule has 0 radical (unpaired) electrons. The number of thioether (sulfide) groups is 1. The molecule has 7 heteroatoms. The van der Waals surface area contributed by atoms with E-state index in [0.717, 1.165) is 42.8 Å². The summed E-state index contributed by atoms with van der Waals surface area (Å²) < 4.78 is 11.4. The number of rotatable bonds is 6. The molecular formula is C19H25N3O3S. The highest BCUT2D eigenvalue weighted by atomic mass is 32.2. The van der Waals surface area contributed by atoms with Crippen molar-refractivity contribution in [1.82, 2.24) is 15.1 Å². The van der Waals surface area contributed by atoms with Crippen LogP contribution in [0.2, 0.25) is 0 Å². The highest BCUT2D eigenvalue weighted by Gasteiger charge is 2.24. The van der Waals surface area contributed by atoms with E-state index in [-0.39, 0.29) is 17.8 Å². The van der Waals surface area contributed by atoms with Gasteiger partial charge in [0, 0.05) is 13.1 Å². The zero-order valence-electron chi connectivity index (χ0n) is 15.5. The van der Waals surface area contributed by atoms with E-state index in [0.29, 0.717) is 11.1 Å². The fraction of sp³-hybridized carbons (Fsp3) is 0.526. The summed E-state index contributed by atoms with van der Waals surface area (Å²) in [5.41, 5.74) is 2.20. The van der Waals surface area contributed by atoms with Gasteiger partial charge >= 0.3 is 0 Å². The molecule has 1 amide bonds. The van der Waals surface area contributed by atoms with Gasteiger partial charge in [0.05, 0.1) is 5.25 Å². The second-order valence-corrected chi connectivity index (χ2v) is 7.96. The van der Waals surface area contributed by atoms with E-state index in [1.54, 1.807) is 0 Å². The molecule has 1 unspecified atom stereocenters. The first kappa shape index (κ1) is 18.8. The summed E-state index contributed by atoms with van der Waals surface area (Å²) in [5, 5.41) is 8.22. The van der Waals surface area contributed by atoms with Gasteiger partial charge in [-0.3, -0.25) is 4.79 Å². The molecule has 0 aliphatic carbocycles. The molecule has 140 valence electrons. The molecule has 1 aromatic carbocycles. The number of amides is 1. The Balaban J connectivity index is 1.54. The third-order valence-corrected chi connectivity index (χ3v) is 5.36. The van der Waals surface area contributed by atoms with E-state index in [4.69, 9.17) is 9.15 Å². The molecule has 2 heterocycles. The molecule has 1 saturated heterocycles. The van der Waals surface area contributed by atoms with Gasteiger partial charge in [0.25, 0.3) is 11.1 Å². The molecule has 6 nitrogen and oxygen atoms in total. The smallest absolute Gasteiger partial charge is 0.277 e. The molecule has 0 saturated carbocycles. The van der Waals surface area contributed by atoms with Crippen LogP contribution in [0.5, 0.6) is 5.75 Å². The van der Waals surface area contributed by atoms with E-state index >= 15 is 0 Å². The number of piperidine rings is 1. The molecule has 0 bridgehead atoms. The summed E-state index contributed by atoms with van der Waals surface area (Å²) in [7, 11) is 0. The van der Waals surface area contributed by atoms with Crippen LogP contribution in [-0.4, -0.2) is 39.3 Å². The zero-order valence-corrected chi connectivity index (χ0v) is 16.3. The van der Waals surface area contributed by atoms with Crippen LogP contribution in [0.25, 0.3) is 0 Å². The molecule has 0 N–H and O–H groups in total. The van der Waals surface area contributed by atoms with Crippen molar-refractivity contribution >= 4 is 17.7 Å². The molecule has 2 aromatic rings. The number of aromatic nitrogens is 2. The quantitative estimate of drug-likeness (QED) is 0.716. The van der Waals surface area contributed by atoms with Crippen LogP contribution in [0.1, 0.15) is 43.2 Å². The van der Waals surface area contributed by atoms with Gasteiger partial charge in [-0.2, -0.15) is 0 Å². The van der Waals surface area contributed by atoms with Gasteiger partial charge in [-0.25, -0.2) is 0 Å². The molecule has 1 fully saturated rings. The van der Waals surface area contributed by atoms with E-state index in [1.165, 1.54) is 18.2 Å². The summed E-state index contributed by atoms with van der Waals surface area (Å²) >= 11 is 1.31. The summed E-state index contributed by atoms with van der Waals surface area (Å²) in [4.78, 5) is 14.4. The fourth-order valence-corrected chi connectivity index (χ4v) is 3.70. The highest BCUT2D eigenvalue weighted by molar-refractivity contribution is 8.00. The van der Waals surface area contributed by atoms with Crippen molar-refractivity contribution in [2.45, 2.75) is 57.1 Å². The van der Waals surface area contributed by atoms with Crippen LogP contribution in [0.4, 0.5) is 0 Å². The molecule has 1 aliphatic heterocycles. The summed E-state index contributed by atoms with van der Waals surface area (Å²) in [6.07, 6.45) is 3.38. The number of aryl methyl sites for hydroxylation is 2. The number of hydrogen-bond donors (Lipinski definition) is 0. The van der Waals surface area contributed by atoms with E-state index in [9.17, 15) is 4.79 Å². The Kier molecular flexibility index (Phi) is 6.19. The molecule has 3 rings (SSSR count). The first-order valence-electron chi connectivity index (χ1n) is 9.01. The Bertz CT molecular complexity index is 756. The van der Waals surface area contributed by atoms with Crippen LogP contribution >= 0.6 is 11.8 Å². The van der Waals surface area contributed by atoms with Gasteiger partial charge in [-0.15, -0.1) is 10.2 Å². The second kappa shape index (κ2) is 8.58. The molecule has 1 atom stereocenters. The molecule has 0 spiro atoms. The lowest BCUT2D eigenvalue weighted by Crippen LogP contribution is -2.40. The maximum Gasteiger partial charge on any atom is 0.277 e. The summed E-state index contributed by atoms with van der Waals surface area (Å²) in [6.45, 7) is 7.82. The molecule has 1 aromatic heterocycles. The average Bonchev–Trinajstić information content (AvgIpc) is 3.10. The Labute approximate surface area is 158 Å². The monoisotopic (exact) mass is 375 g/mol. The van der Waals surface area contributed by atoms with Crippen molar-refractivity contribution in [2.75, 3.05) is 13.1 Å². The van der Waals surface area contributed by atoms with Crippen LogP contribution in [-0.2, 0) is 11.4 Å². The number of ether oxygens (including phenoxy) is 1.